The number of unbranched alkanes of at least 4 members (excludes halogenated alkanes) is 4. The zero-order valence-corrected chi connectivity index (χ0v) is 15.8. The summed E-state index contributed by atoms with van der Waals surface area (Å²) in [6, 6.07) is 13.1. The number of amides is 1. The molecule has 0 radical (unpaired) electrons. The van der Waals surface area contributed by atoms with Gasteiger partial charge in [0, 0.05) is 18.2 Å². The SMILES string of the molecule is CCCCCCCC(=O)Nc1ccc(-c2nc3ccccc3s2)c(O)c1. The number of aromatic nitrogens is 1. The summed E-state index contributed by atoms with van der Waals surface area (Å²) >= 11 is 1.54. The Morgan fingerprint density at radius 2 is 1.92 bits per heavy atom. The van der Waals surface area contributed by atoms with Gasteiger partial charge in [-0.3, -0.25) is 4.79 Å². The smallest absolute Gasteiger partial charge is 0.224 e. The molecule has 3 rings (SSSR count). The average Bonchev–Trinajstić information content (AvgIpc) is 3.05. The molecule has 0 fully saturated rings. The summed E-state index contributed by atoms with van der Waals surface area (Å²) in [5, 5.41) is 14.0. The number of phenols is 1. The van der Waals surface area contributed by atoms with Crippen LogP contribution in [0.5, 0.6) is 5.75 Å². The van der Waals surface area contributed by atoms with E-state index in [9.17, 15) is 9.90 Å². The van der Waals surface area contributed by atoms with Crippen LogP contribution in [0, 0.1) is 0 Å². The summed E-state index contributed by atoms with van der Waals surface area (Å²) in [5.74, 6) is 0.124. The molecule has 1 aromatic heterocycles. The van der Waals surface area contributed by atoms with E-state index in [2.05, 4.69) is 17.2 Å². The molecule has 5 heteroatoms. The molecule has 0 aliphatic carbocycles. The van der Waals surface area contributed by atoms with Crippen LogP contribution in [-0.2, 0) is 4.79 Å². The maximum atomic E-state index is 12.0. The lowest BCUT2D eigenvalue weighted by Crippen LogP contribution is -2.10. The number of aromatic hydroxyl groups is 1. The molecule has 0 aliphatic heterocycles. The third-order valence-corrected chi connectivity index (χ3v) is 5.38. The Hall–Kier alpha value is -2.40. The Kier molecular flexibility index (Phi) is 6.23. The van der Waals surface area contributed by atoms with E-state index in [1.54, 1.807) is 17.4 Å². The van der Waals surface area contributed by atoms with Crippen molar-refractivity contribution in [1.82, 2.24) is 4.98 Å². The minimum Gasteiger partial charge on any atom is -0.507 e. The summed E-state index contributed by atoms with van der Waals surface area (Å²) < 4.78 is 1.09. The van der Waals surface area contributed by atoms with Gasteiger partial charge in [-0.2, -0.15) is 0 Å². The summed E-state index contributed by atoms with van der Waals surface area (Å²) in [5.41, 5.74) is 2.22. The highest BCUT2D eigenvalue weighted by atomic mass is 32.1. The molecule has 1 heterocycles. The first-order valence-electron chi connectivity index (χ1n) is 9.16. The minimum atomic E-state index is -0.00589. The molecule has 2 aromatic carbocycles. The molecule has 0 saturated heterocycles. The highest BCUT2D eigenvalue weighted by Crippen LogP contribution is 2.36. The van der Waals surface area contributed by atoms with Gasteiger partial charge in [-0.15, -0.1) is 11.3 Å². The lowest BCUT2D eigenvalue weighted by molar-refractivity contribution is -0.116. The number of fused-ring (bicyclic) bond motifs is 1. The minimum absolute atomic E-state index is 0.00589. The van der Waals surface area contributed by atoms with Crippen LogP contribution in [-0.4, -0.2) is 16.0 Å². The quantitative estimate of drug-likeness (QED) is 0.482. The van der Waals surface area contributed by atoms with Crippen molar-refractivity contribution in [2.45, 2.75) is 45.4 Å². The zero-order valence-electron chi connectivity index (χ0n) is 15.0. The van der Waals surface area contributed by atoms with Gasteiger partial charge in [-0.05, 0) is 30.7 Å². The Morgan fingerprint density at radius 1 is 1.12 bits per heavy atom. The van der Waals surface area contributed by atoms with Crippen LogP contribution < -0.4 is 5.32 Å². The fourth-order valence-electron chi connectivity index (χ4n) is 2.89. The van der Waals surface area contributed by atoms with Crippen molar-refractivity contribution in [2.75, 3.05) is 5.32 Å². The van der Waals surface area contributed by atoms with Gasteiger partial charge in [0.2, 0.25) is 5.91 Å². The van der Waals surface area contributed by atoms with E-state index < -0.39 is 0 Å². The van der Waals surface area contributed by atoms with Crippen LogP contribution >= 0.6 is 11.3 Å². The van der Waals surface area contributed by atoms with Gasteiger partial charge >= 0.3 is 0 Å². The topological polar surface area (TPSA) is 62.2 Å². The van der Waals surface area contributed by atoms with Crippen molar-refractivity contribution in [2.24, 2.45) is 0 Å². The molecule has 0 bridgehead atoms. The standard InChI is InChI=1S/C21H24N2O2S/c1-2-3-4-5-6-11-20(25)22-15-12-13-16(18(24)14-15)21-23-17-9-7-8-10-19(17)26-21/h7-10,12-14,24H,2-6,11H2,1H3,(H,22,25). The van der Waals surface area contributed by atoms with Gasteiger partial charge in [0.1, 0.15) is 10.8 Å². The highest BCUT2D eigenvalue weighted by Gasteiger charge is 2.11. The van der Waals surface area contributed by atoms with Crippen molar-refractivity contribution in [1.29, 1.82) is 0 Å². The number of nitrogens with one attached hydrogen (secondary N) is 1. The van der Waals surface area contributed by atoms with Crippen LogP contribution in [0.1, 0.15) is 45.4 Å². The van der Waals surface area contributed by atoms with Gasteiger partial charge < -0.3 is 10.4 Å². The van der Waals surface area contributed by atoms with E-state index >= 15 is 0 Å². The Morgan fingerprint density at radius 3 is 2.69 bits per heavy atom. The summed E-state index contributed by atoms with van der Waals surface area (Å²) in [4.78, 5) is 16.6. The lowest BCUT2D eigenvalue weighted by Gasteiger charge is -2.08. The van der Waals surface area contributed by atoms with Gasteiger partial charge in [-0.1, -0.05) is 44.7 Å². The number of carbonyl (C=O) groups is 1. The first-order chi connectivity index (χ1) is 12.7. The molecule has 26 heavy (non-hydrogen) atoms. The number of para-hydroxylation sites is 1. The average molecular weight is 369 g/mol. The Bertz CT molecular complexity index is 856. The van der Waals surface area contributed by atoms with Gasteiger partial charge in [0.25, 0.3) is 0 Å². The Labute approximate surface area is 157 Å². The molecule has 3 aromatic rings. The summed E-state index contributed by atoms with van der Waals surface area (Å²) in [7, 11) is 0. The second kappa shape index (κ2) is 8.81. The van der Waals surface area contributed by atoms with Crippen molar-refractivity contribution < 1.29 is 9.90 Å². The molecule has 0 saturated carbocycles. The molecule has 1 amide bonds. The van der Waals surface area contributed by atoms with E-state index in [0.29, 0.717) is 17.7 Å². The predicted octanol–water partition coefficient (Wildman–Crippen LogP) is 5.97. The molecule has 0 spiro atoms. The van der Waals surface area contributed by atoms with Crippen LogP contribution in [0.2, 0.25) is 0 Å². The third kappa shape index (κ3) is 4.61. The first kappa shape index (κ1) is 18.4. The van der Waals surface area contributed by atoms with Gasteiger partial charge in [0.15, 0.2) is 0 Å². The molecule has 0 aliphatic rings. The number of hydrogen-bond acceptors (Lipinski definition) is 4. The van der Waals surface area contributed by atoms with Gasteiger partial charge in [-0.25, -0.2) is 4.98 Å². The highest BCUT2D eigenvalue weighted by molar-refractivity contribution is 7.21. The van der Waals surface area contributed by atoms with Crippen molar-refractivity contribution in [3.63, 3.8) is 0 Å². The van der Waals surface area contributed by atoms with Crippen molar-refractivity contribution in [3.8, 4) is 16.3 Å². The van der Waals surface area contributed by atoms with E-state index in [-0.39, 0.29) is 11.7 Å². The normalized spacial score (nSPS) is 11.0. The summed E-state index contributed by atoms with van der Waals surface area (Å²) in [6.07, 6.45) is 6.12. The van der Waals surface area contributed by atoms with E-state index in [4.69, 9.17) is 0 Å². The molecule has 0 unspecified atom stereocenters. The maximum absolute atomic E-state index is 12.0. The van der Waals surface area contributed by atoms with E-state index in [0.717, 1.165) is 28.1 Å². The molecule has 4 nitrogen and oxygen atoms in total. The van der Waals surface area contributed by atoms with E-state index in [1.165, 1.54) is 19.3 Å². The number of phenolic OH excluding ortho intramolecular Hbond substituents is 1. The van der Waals surface area contributed by atoms with Crippen molar-refractivity contribution in [3.05, 3.63) is 42.5 Å². The third-order valence-electron chi connectivity index (χ3n) is 4.31. The zero-order chi connectivity index (χ0) is 18.4. The van der Waals surface area contributed by atoms with E-state index in [1.807, 2.05) is 36.4 Å². The monoisotopic (exact) mass is 368 g/mol. The number of anilines is 1. The second-order valence-electron chi connectivity index (χ2n) is 6.43. The number of rotatable bonds is 8. The van der Waals surface area contributed by atoms with Crippen molar-refractivity contribution >= 4 is 33.1 Å². The second-order valence-corrected chi connectivity index (χ2v) is 7.46. The molecule has 2 N–H and O–H groups in total. The fourth-order valence-corrected chi connectivity index (χ4v) is 3.89. The maximum Gasteiger partial charge on any atom is 0.224 e. The fraction of sp³-hybridized carbons (Fsp3) is 0.333. The molecular formula is C21H24N2O2S. The van der Waals surface area contributed by atoms with Crippen LogP contribution in [0.3, 0.4) is 0 Å². The predicted molar refractivity (Wildman–Crippen MR) is 109 cm³/mol. The number of thiazole rings is 1. The largest absolute Gasteiger partial charge is 0.507 e. The number of hydrogen-bond donors (Lipinski definition) is 2. The lowest BCUT2D eigenvalue weighted by atomic mass is 10.1. The first-order valence-corrected chi connectivity index (χ1v) is 9.98. The van der Waals surface area contributed by atoms with Crippen LogP contribution in [0.15, 0.2) is 42.5 Å². The molecule has 0 atom stereocenters. The number of carbonyl (C=O) groups excluding carboxylic acids is 1. The van der Waals surface area contributed by atoms with Crippen LogP contribution in [0.25, 0.3) is 20.8 Å². The number of nitrogens with zero attached hydrogens (tertiary/aromatic N) is 1. The summed E-state index contributed by atoms with van der Waals surface area (Å²) in [6.45, 7) is 2.18. The Balaban J connectivity index is 1.63. The molecular weight excluding hydrogens is 344 g/mol. The van der Waals surface area contributed by atoms with Crippen LogP contribution in [0.4, 0.5) is 5.69 Å². The van der Waals surface area contributed by atoms with Gasteiger partial charge in [0.05, 0.1) is 15.8 Å². The number of benzene rings is 2. The molecule has 136 valence electrons.